The lowest BCUT2D eigenvalue weighted by atomic mass is 9.61. The monoisotopic (exact) mass is 319 g/mol. The van der Waals surface area contributed by atoms with Crippen molar-refractivity contribution in [3.8, 4) is 0 Å². The molecule has 21 heavy (non-hydrogen) atoms. The summed E-state index contributed by atoms with van der Waals surface area (Å²) >= 11 is 4.31. The molecule has 2 rings (SSSR count). The molecule has 1 saturated carbocycles. The molecule has 0 unspecified atom stereocenters. The van der Waals surface area contributed by atoms with Crippen molar-refractivity contribution in [3.05, 3.63) is 11.9 Å². The first kappa shape index (κ1) is 16.1. The van der Waals surface area contributed by atoms with E-state index in [1.807, 2.05) is 5.16 Å². The van der Waals surface area contributed by atoms with Gasteiger partial charge in [-0.2, -0.15) is 18.2 Å². The maximum Gasteiger partial charge on any atom is 0.433 e. The van der Waals surface area contributed by atoms with Gasteiger partial charge in [0.05, 0.1) is 11.2 Å². The van der Waals surface area contributed by atoms with Gasteiger partial charge in [0.25, 0.3) is 0 Å². The summed E-state index contributed by atoms with van der Waals surface area (Å²) in [6.07, 6.45) is -0.727. The van der Waals surface area contributed by atoms with Crippen LogP contribution in [-0.4, -0.2) is 36.3 Å². The van der Waals surface area contributed by atoms with Crippen LogP contribution in [0.4, 0.5) is 13.2 Å². The number of ether oxygens (including phenoxy) is 1. The van der Waals surface area contributed by atoms with Crippen LogP contribution in [0.15, 0.2) is 21.9 Å². The van der Waals surface area contributed by atoms with Gasteiger partial charge in [0, 0.05) is 19.3 Å². The highest BCUT2D eigenvalue weighted by Gasteiger charge is 2.46. The number of thiocarbonyl (C=S) groups is 1. The Morgan fingerprint density at radius 2 is 1.95 bits per heavy atom. The smallest absolute Gasteiger partial charge is 0.383 e. The molecule has 1 heterocycles. The molecule has 1 saturated heterocycles. The molecule has 1 aliphatic carbocycles. The van der Waals surface area contributed by atoms with E-state index in [0.29, 0.717) is 32.1 Å². The normalized spacial score (nSPS) is 23.6. The molecule has 8 heteroatoms. The number of nitrogens with zero attached hydrogens (tertiary/aromatic N) is 2. The lowest BCUT2D eigenvalue weighted by Crippen LogP contribution is -2.44. The van der Waals surface area contributed by atoms with E-state index in [2.05, 4.69) is 22.2 Å². The molecular weight excluding hydrogens is 303 g/mol. The van der Waals surface area contributed by atoms with Crippen molar-refractivity contribution in [3.63, 3.8) is 0 Å². The van der Waals surface area contributed by atoms with E-state index in [0.717, 1.165) is 12.8 Å². The number of rotatable bonds is 3. The van der Waals surface area contributed by atoms with Gasteiger partial charge in [-0.05, 0) is 43.3 Å². The Labute approximate surface area is 126 Å². The molecule has 0 amide bonds. The third kappa shape index (κ3) is 4.12. The minimum atomic E-state index is -4.56. The van der Waals surface area contributed by atoms with Gasteiger partial charge in [-0.1, -0.05) is 0 Å². The summed E-state index contributed by atoms with van der Waals surface area (Å²) in [5, 5.41) is 1.93. The van der Waals surface area contributed by atoms with Crippen molar-refractivity contribution in [2.45, 2.75) is 37.9 Å². The topological polar surface area (TPSA) is 60.0 Å². The molecule has 2 N–H and O–H groups in total. The van der Waals surface area contributed by atoms with E-state index in [1.54, 1.807) is 0 Å². The third-order valence-electron chi connectivity index (χ3n) is 3.96. The number of allylic oxidation sites excluding steroid dienone is 1. The van der Waals surface area contributed by atoms with Gasteiger partial charge in [0.1, 0.15) is 11.5 Å². The number of aliphatic imine (C=N–C) groups is 2. The van der Waals surface area contributed by atoms with E-state index >= 15 is 0 Å². The summed E-state index contributed by atoms with van der Waals surface area (Å²) in [7, 11) is 0. The van der Waals surface area contributed by atoms with Gasteiger partial charge in [-0.15, -0.1) is 0 Å². The summed E-state index contributed by atoms with van der Waals surface area (Å²) < 4.78 is 44.1. The zero-order chi connectivity index (χ0) is 15.5. The number of isothiocyanates is 1. The zero-order valence-corrected chi connectivity index (χ0v) is 12.1. The second-order valence-corrected chi connectivity index (χ2v) is 5.64. The molecule has 2 fully saturated rings. The molecule has 0 aromatic heterocycles. The highest BCUT2D eigenvalue weighted by molar-refractivity contribution is 7.78. The fraction of sp³-hybridized carbons (Fsp3) is 0.692. The Morgan fingerprint density at radius 3 is 2.48 bits per heavy atom. The van der Waals surface area contributed by atoms with Crippen LogP contribution in [0, 0.1) is 5.41 Å². The first-order chi connectivity index (χ1) is 9.85. The molecule has 4 nitrogen and oxygen atoms in total. The first-order valence-corrected chi connectivity index (χ1v) is 7.03. The van der Waals surface area contributed by atoms with Gasteiger partial charge >= 0.3 is 6.18 Å². The van der Waals surface area contributed by atoms with Crippen molar-refractivity contribution in [1.82, 2.24) is 0 Å². The van der Waals surface area contributed by atoms with E-state index in [9.17, 15) is 13.2 Å². The van der Waals surface area contributed by atoms with Crippen LogP contribution in [0.25, 0.3) is 0 Å². The molecule has 1 spiro atoms. The summed E-state index contributed by atoms with van der Waals surface area (Å²) in [6, 6.07) is -0.319. The van der Waals surface area contributed by atoms with E-state index in [4.69, 9.17) is 10.5 Å². The predicted octanol–water partition coefficient (Wildman–Crippen LogP) is 2.85. The summed E-state index contributed by atoms with van der Waals surface area (Å²) in [5.41, 5.74) is 4.42. The molecule has 2 aliphatic rings. The van der Waals surface area contributed by atoms with Gasteiger partial charge in [-0.3, -0.25) is 4.99 Å². The van der Waals surface area contributed by atoms with Gasteiger partial charge in [0.2, 0.25) is 0 Å². The molecule has 1 aliphatic heterocycles. The van der Waals surface area contributed by atoms with Crippen LogP contribution < -0.4 is 5.73 Å². The second-order valence-electron chi connectivity index (χ2n) is 5.46. The van der Waals surface area contributed by atoms with Crippen LogP contribution in [0.1, 0.15) is 25.7 Å². The summed E-state index contributed by atoms with van der Waals surface area (Å²) in [4.78, 5) is 7.12. The maximum atomic E-state index is 12.9. The number of hydrogen-bond donors (Lipinski definition) is 1. The third-order valence-corrected chi connectivity index (χ3v) is 4.05. The number of hydrogen-bond acceptors (Lipinski definition) is 5. The molecule has 0 bridgehead atoms. The van der Waals surface area contributed by atoms with Crippen LogP contribution in [0.5, 0.6) is 0 Å². The Morgan fingerprint density at radius 1 is 1.33 bits per heavy atom. The highest BCUT2D eigenvalue weighted by atomic mass is 32.1. The van der Waals surface area contributed by atoms with Crippen LogP contribution >= 0.6 is 12.2 Å². The number of halogens is 3. The lowest BCUT2D eigenvalue weighted by Gasteiger charge is -2.48. The molecule has 0 aromatic rings. The van der Waals surface area contributed by atoms with Crippen LogP contribution in [0.3, 0.4) is 0 Å². The average Bonchev–Trinajstić information content (AvgIpc) is 2.36. The SMILES string of the molecule is NC(=CC(=NC1CC2(CCOCC2)C1)C(F)(F)F)N=C=S. The predicted molar refractivity (Wildman–Crippen MR) is 76.3 cm³/mol. The molecule has 0 atom stereocenters. The molecule has 0 aromatic carbocycles. The number of alkyl halides is 3. The zero-order valence-electron chi connectivity index (χ0n) is 11.3. The van der Waals surface area contributed by atoms with E-state index in [1.165, 1.54) is 0 Å². The van der Waals surface area contributed by atoms with Crippen molar-refractivity contribution in [1.29, 1.82) is 0 Å². The van der Waals surface area contributed by atoms with Crippen molar-refractivity contribution >= 4 is 23.1 Å². The first-order valence-electron chi connectivity index (χ1n) is 6.62. The average molecular weight is 319 g/mol. The van der Waals surface area contributed by atoms with Gasteiger partial charge < -0.3 is 10.5 Å². The Kier molecular flexibility index (Phi) is 4.81. The standard InChI is InChI=1S/C13H16F3N3OS/c14-13(15,16)10(5-11(17)18-8-21)19-9-6-12(7-9)1-3-20-4-2-12/h5,9H,1-4,6-7,17H2. The van der Waals surface area contributed by atoms with E-state index in [-0.39, 0.29) is 17.3 Å². The minimum Gasteiger partial charge on any atom is -0.383 e. The lowest BCUT2D eigenvalue weighted by molar-refractivity contribution is -0.0609. The van der Waals surface area contributed by atoms with Gasteiger partial charge in [0.15, 0.2) is 0 Å². The van der Waals surface area contributed by atoms with Crippen molar-refractivity contribution < 1.29 is 17.9 Å². The fourth-order valence-corrected chi connectivity index (χ4v) is 2.96. The molecule has 0 radical (unpaired) electrons. The van der Waals surface area contributed by atoms with Crippen molar-refractivity contribution in [2.75, 3.05) is 13.2 Å². The minimum absolute atomic E-state index is 0.116. The fourth-order valence-electron chi connectivity index (χ4n) is 2.86. The van der Waals surface area contributed by atoms with Gasteiger partial charge in [-0.25, -0.2) is 0 Å². The van der Waals surface area contributed by atoms with Crippen LogP contribution in [0.2, 0.25) is 0 Å². The Bertz CT molecular complexity index is 495. The summed E-state index contributed by atoms with van der Waals surface area (Å²) in [6.45, 7) is 1.36. The summed E-state index contributed by atoms with van der Waals surface area (Å²) in [5.74, 6) is -0.346. The maximum absolute atomic E-state index is 12.9. The van der Waals surface area contributed by atoms with E-state index < -0.39 is 11.9 Å². The second kappa shape index (κ2) is 6.25. The van der Waals surface area contributed by atoms with Crippen molar-refractivity contribution in [2.24, 2.45) is 21.1 Å². The van der Waals surface area contributed by atoms with Crippen LogP contribution in [-0.2, 0) is 4.74 Å². The highest BCUT2D eigenvalue weighted by Crippen LogP contribution is 2.50. The molecular formula is C13H16F3N3OS. The molecule has 116 valence electrons. The largest absolute Gasteiger partial charge is 0.433 e. The Balaban J connectivity index is 2.08. The Hall–Kier alpha value is -1.24. The quantitative estimate of drug-likeness (QED) is 0.643. The number of nitrogens with two attached hydrogens (primary N) is 1.